The lowest BCUT2D eigenvalue weighted by atomic mass is 9.98. The lowest BCUT2D eigenvalue weighted by molar-refractivity contribution is -0.141. The van der Waals surface area contributed by atoms with Gasteiger partial charge in [0.2, 0.25) is 0 Å². The van der Waals surface area contributed by atoms with E-state index in [1.165, 1.54) is 0 Å². The normalized spacial score (nSPS) is 19.0. The number of nitrogens with zero attached hydrogens (tertiary/aromatic N) is 3. The molecule has 1 aliphatic rings. The smallest absolute Gasteiger partial charge is 0.308 e. The van der Waals surface area contributed by atoms with Gasteiger partial charge in [0.15, 0.2) is 5.82 Å². The van der Waals surface area contributed by atoms with Gasteiger partial charge in [0.25, 0.3) is 0 Å². The van der Waals surface area contributed by atoms with Gasteiger partial charge in [-0.2, -0.15) is 5.10 Å². The number of aliphatic carboxylic acids is 1. The van der Waals surface area contributed by atoms with Crippen molar-refractivity contribution in [3.63, 3.8) is 0 Å². The number of aromatic nitrogens is 3. The van der Waals surface area contributed by atoms with Crippen molar-refractivity contribution in [3.05, 3.63) is 30.6 Å². The molecule has 1 atom stereocenters. The van der Waals surface area contributed by atoms with E-state index in [-0.39, 0.29) is 5.92 Å². The van der Waals surface area contributed by atoms with Crippen molar-refractivity contribution in [2.45, 2.75) is 12.8 Å². The molecule has 0 bridgehead atoms. The van der Waals surface area contributed by atoms with E-state index in [0.29, 0.717) is 6.54 Å². The molecule has 1 unspecified atom stereocenters. The summed E-state index contributed by atoms with van der Waals surface area (Å²) < 4.78 is 0. The Hall–Kier alpha value is -2.37. The number of pyridine rings is 1. The third kappa shape index (κ3) is 2.49. The number of anilines is 1. The molecule has 6 nitrogen and oxygen atoms in total. The molecule has 0 aliphatic carbocycles. The van der Waals surface area contributed by atoms with Gasteiger partial charge in [-0.15, -0.1) is 0 Å². The highest BCUT2D eigenvalue weighted by Crippen LogP contribution is 2.25. The van der Waals surface area contributed by atoms with Gasteiger partial charge in [-0.3, -0.25) is 14.9 Å². The Morgan fingerprint density at radius 1 is 1.40 bits per heavy atom. The first-order valence-electron chi connectivity index (χ1n) is 6.67. The molecule has 0 saturated carbocycles. The van der Waals surface area contributed by atoms with E-state index in [4.69, 9.17) is 5.11 Å². The first-order chi connectivity index (χ1) is 9.74. The number of piperidine rings is 1. The zero-order chi connectivity index (χ0) is 13.9. The van der Waals surface area contributed by atoms with Gasteiger partial charge in [0, 0.05) is 37.1 Å². The average molecular weight is 272 g/mol. The molecule has 1 fully saturated rings. The van der Waals surface area contributed by atoms with E-state index in [1.54, 1.807) is 12.4 Å². The summed E-state index contributed by atoms with van der Waals surface area (Å²) in [5.74, 6) is -0.216. The fraction of sp³-hybridized carbons (Fsp3) is 0.357. The highest BCUT2D eigenvalue weighted by molar-refractivity contribution is 5.71. The first-order valence-corrected chi connectivity index (χ1v) is 6.67. The molecule has 1 saturated heterocycles. The Kier molecular flexibility index (Phi) is 3.37. The summed E-state index contributed by atoms with van der Waals surface area (Å²) in [7, 11) is 0. The zero-order valence-corrected chi connectivity index (χ0v) is 11.0. The van der Waals surface area contributed by atoms with Gasteiger partial charge >= 0.3 is 5.97 Å². The number of hydrogen-bond donors (Lipinski definition) is 2. The van der Waals surface area contributed by atoms with Crippen molar-refractivity contribution in [1.29, 1.82) is 0 Å². The van der Waals surface area contributed by atoms with Crippen LogP contribution in [0.15, 0.2) is 30.6 Å². The predicted molar refractivity (Wildman–Crippen MR) is 74.4 cm³/mol. The number of hydrogen-bond acceptors (Lipinski definition) is 4. The molecule has 0 aromatic carbocycles. The lowest BCUT2D eigenvalue weighted by Crippen LogP contribution is -2.38. The summed E-state index contributed by atoms with van der Waals surface area (Å²) in [6.45, 7) is 1.38. The van der Waals surface area contributed by atoms with E-state index in [9.17, 15) is 4.79 Å². The van der Waals surface area contributed by atoms with Crippen LogP contribution in [0.25, 0.3) is 11.3 Å². The van der Waals surface area contributed by atoms with Crippen LogP contribution in [0.3, 0.4) is 0 Å². The molecule has 6 heteroatoms. The van der Waals surface area contributed by atoms with Gasteiger partial charge in [-0.1, -0.05) is 0 Å². The third-order valence-electron chi connectivity index (χ3n) is 3.65. The molecule has 3 rings (SSSR count). The summed E-state index contributed by atoms with van der Waals surface area (Å²) >= 11 is 0. The van der Waals surface area contributed by atoms with Crippen molar-refractivity contribution < 1.29 is 9.90 Å². The fourth-order valence-corrected chi connectivity index (χ4v) is 2.54. The largest absolute Gasteiger partial charge is 0.481 e. The maximum absolute atomic E-state index is 11.1. The van der Waals surface area contributed by atoms with Crippen LogP contribution in [0.2, 0.25) is 0 Å². The number of H-pyrrole nitrogens is 1. The van der Waals surface area contributed by atoms with Crippen LogP contribution in [0.5, 0.6) is 0 Å². The van der Waals surface area contributed by atoms with E-state index in [1.807, 2.05) is 23.1 Å². The maximum atomic E-state index is 11.1. The standard InChI is InChI=1S/C14H16N4O2/c19-14(20)11-2-1-7-18(9-11)13-8-12(16-17-13)10-3-5-15-6-4-10/h3-6,8,11H,1-2,7,9H2,(H,16,17)(H,19,20). The first kappa shape index (κ1) is 12.7. The van der Waals surface area contributed by atoms with E-state index >= 15 is 0 Å². The monoisotopic (exact) mass is 272 g/mol. The number of carboxylic acids is 1. The molecule has 0 amide bonds. The second kappa shape index (κ2) is 5.32. The van der Waals surface area contributed by atoms with E-state index in [0.717, 1.165) is 36.5 Å². The summed E-state index contributed by atoms with van der Waals surface area (Å²) in [5, 5.41) is 16.4. The summed E-state index contributed by atoms with van der Waals surface area (Å²) in [4.78, 5) is 17.1. The molecule has 1 aliphatic heterocycles. The Labute approximate surface area is 116 Å². The minimum absolute atomic E-state index is 0.301. The van der Waals surface area contributed by atoms with Crippen molar-refractivity contribution >= 4 is 11.8 Å². The molecule has 20 heavy (non-hydrogen) atoms. The molecule has 2 aromatic rings. The second-order valence-electron chi connectivity index (χ2n) is 5.00. The SMILES string of the molecule is O=C(O)C1CCCN(c2cc(-c3ccncc3)[nH]n2)C1. The predicted octanol–water partition coefficient (Wildman–Crippen LogP) is 1.77. The minimum Gasteiger partial charge on any atom is -0.481 e. The number of aromatic amines is 1. The van der Waals surface area contributed by atoms with Crippen LogP contribution in [0.1, 0.15) is 12.8 Å². The number of rotatable bonds is 3. The second-order valence-corrected chi connectivity index (χ2v) is 5.00. The van der Waals surface area contributed by atoms with Crippen molar-refractivity contribution in [2.24, 2.45) is 5.92 Å². The summed E-state index contributed by atoms with van der Waals surface area (Å²) in [5.41, 5.74) is 1.94. The van der Waals surface area contributed by atoms with Gasteiger partial charge in [0.05, 0.1) is 11.6 Å². The molecule has 0 spiro atoms. The maximum Gasteiger partial charge on any atom is 0.308 e. The molecular formula is C14H16N4O2. The van der Waals surface area contributed by atoms with Crippen LogP contribution in [-0.2, 0) is 4.79 Å². The highest BCUT2D eigenvalue weighted by atomic mass is 16.4. The summed E-state index contributed by atoms with van der Waals surface area (Å²) in [6, 6.07) is 5.78. The Balaban J connectivity index is 1.78. The Morgan fingerprint density at radius 3 is 2.95 bits per heavy atom. The zero-order valence-electron chi connectivity index (χ0n) is 11.0. The number of nitrogens with one attached hydrogen (secondary N) is 1. The molecule has 2 aromatic heterocycles. The van der Waals surface area contributed by atoms with Crippen LogP contribution in [0.4, 0.5) is 5.82 Å². The van der Waals surface area contributed by atoms with Crippen LogP contribution in [-0.4, -0.2) is 39.3 Å². The average Bonchev–Trinajstić information content (AvgIpc) is 2.98. The van der Waals surface area contributed by atoms with Crippen molar-refractivity contribution in [3.8, 4) is 11.3 Å². The lowest BCUT2D eigenvalue weighted by Gasteiger charge is -2.30. The Morgan fingerprint density at radius 2 is 2.20 bits per heavy atom. The molecule has 2 N–H and O–H groups in total. The van der Waals surface area contributed by atoms with Crippen LogP contribution in [0, 0.1) is 5.92 Å². The highest BCUT2D eigenvalue weighted by Gasteiger charge is 2.26. The fourth-order valence-electron chi connectivity index (χ4n) is 2.54. The van der Waals surface area contributed by atoms with Gasteiger partial charge in [-0.25, -0.2) is 0 Å². The summed E-state index contributed by atoms with van der Waals surface area (Å²) in [6.07, 6.45) is 5.09. The molecule has 0 radical (unpaired) electrons. The van der Waals surface area contributed by atoms with Crippen LogP contribution < -0.4 is 4.90 Å². The third-order valence-corrected chi connectivity index (χ3v) is 3.65. The number of carbonyl (C=O) groups is 1. The molecule has 3 heterocycles. The van der Waals surface area contributed by atoms with Gasteiger partial charge in [-0.05, 0) is 25.0 Å². The quantitative estimate of drug-likeness (QED) is 0.890. The minimum atomic E-state index is -0.723. The van der Waals surface area contributed by atoms with Gasteiger partial charge in [0.1, 0.15) is 0 Å². The van der Waals surface area contributed by atoms with E-state index < -0.39 is 5.97 Å². The molecular weight excluding hydrogens is 256 g/mol. The van der Waals surface area contributed by atoms with Crippen LogP contribution >= 0.6 is 0 Å². The topological polar surface area (TPSA) is 82.1 Å². The molecule has 104 valence electrons. The van der Waals surface area contributed by atoms with Crippen molar-refractivity contribution in [2.75, 3.05) is 18.0 Å². The van der Waals surface area contributed by atoms with Crippen molar-refractivity contribution in [1.82, 2.24) is 15.2 Å². The van der Waals surface area contributed by atoms with Gasteiger partial charge < -0.3 is 10.0 Å². The number of carboxylic acid groups (broad SMARTS) is 1. The van der Waals surface area contributed by atoms with E-state index in [2.05, 4.69) is 15.2 Å². The Bertz CT molecular complexity index is 596.